The minimum absolute atomic E-state index is 0.0909. The molecule has 0 aromatic heterocycles. The fourth-order valence-corrected chi connectivity index (χ4v) is 2.87. The van der Waals surface area contributed by atoms with Crippen molar-refractivity contribution in [3.8, 4) is 0 Å². The minimum Gasteiger partial charge on any atom is -0.402 e. The molecule has 25 heavy (non-hydrogen) atoms. The maximum Gasteiger partial charge on any atom is 0.635 e. The molecule has 1 atom stereocenters. The second kappa shape index (κ2) is 10.2. The van der Waals surface area contributed by atoms with Crippen molar-refractivity contribution in [2.45, 2.75) is 44.8 Å². The molecular formula is C17H25BN2O5. The Labute approximate surface area is 148 Å². The van der Waals surface area contributed by atoms with Crippen molar-refractivity contribution in [1.82, 2.24) is 10.2 Å². The van der Waals surface area contributed by atoms with Crippen molar-refractivity contribution in [1.29, 1.82) is 0 Å². The topological polar surface area (TPSA) is 99.1 Å². The third-order valence-electron chi connectivity index (χ3n) is 4.15. The Kier molecular flexibility index (Phi) is 7.91. The second-order valence-electron chi connectivity index (χ2n) is 6.15. The number of hydrogen-bond donors (Lipinski definition) is 3. The van der Waals surface area contributed by atoms with Gasteiger partial charge in [-0.25, -0.2) is 0 Å². The van der Waals surface area contributed by atoms with Gasteiger partial charge in [0.1, 0.15) is 6.23 Å². The molecule has 1 saturated heterocycles. The minimum atomic E-state index is -1.97. The predicted octanol–water partition coefficient (Wildman–Crippen LogP) is 0.450. The Bertz CT molecular complexity index is 555. The summed E-state index contributed by atoms with van der Waals surface area (Å²) in [6.45, 7) is 1.05. The zero-order valence-electron chi connectivity index (χ0n) is 14.3. The molecule has 3 N–H and O–H groups in total. The van der Waals surface area contributed by atoms with Gasteiger partial charge in [0, 0.05) is 32.4 Å². The summed E-state index contributed by atoms with van der Waals surface area (Å²) in [5.41, 5.74) is 0.899. The number of nitrogens with zero attached hydrogens (tertiary/aromatic N) is 1. The number of benzene rings is 1. The zero-order valence-corrected chi connectivity index (χ0v) is 14.3. The standard InChI is InChI=1S/C17H25BN2O5/c21-15(10-12-20-11-6-2-5-9-17(20)22)19-16(25-18(23)24)13-14-7-3-1-4-8-14/h1,3-4,7-8,16,23-24H,2,5-6,9-13H2,(H,19,21)/t16-/m1/s1. The van der Waals surface area contributed by atoms with E-state index in [0.29, 0.717) is 25.9 Å². The summed E-state index contributed by atoms with van der Waals surface area (Å²) in [6, 6.07) is 9.31. The summed E-state index contributed by atoms with van der Waals surface area (Å²) in [5, 5.41) is 20.7. The number of amides is 2. The average Bonchev–Trinajstić information content (AvgIpc) is 2.77. The molecule has 2 rings (SSSR count). The van der Waals surface area contributed by atoms with Gasteiger partial charge in [-0.1, -0.05) is 36.8 Å². The molecule has 0 unspecified atom stereocenters. The molecule has 0 spiro atoms. The van der Waals surface area contributed by atoms with Crippen LogP contribution >= 0.6 is 0 Å². The lowest BCUT2D eigenvalue weighted by molar-refractivity contribution is -0.131. The van der Waals surface area contributed by atoms with Crippen LogP contribution in [0, 0.1) is 0 Å². The van der Waals surface area contributed by atoms with Gasteiger partial charge in [-0.15, -0.1) is 0 Å². The highest BCUT2D eigenvalue weighted by molar-refractivity contribution is 6.32. The Morgan fingerprint density at radius 2 is 2.00 bits per heavy atom. The van der Waals surface area contributed by atoms with Gasteiger partial charge in [0.15, 0.2) is 0 Å². The molecule has 0 saturated carbocycles. The average molecular weight is 348 g/mol. The third-order valence-corrected chi connectivity index (χ3v) is 4.15. The number of carbonyl (C=O) groups excluding carboxylic acids is 2. The van der Waals surface area contributed by atoms with Crippen LogP contribution in [0.25, 0.3) is 0 Å². The van der Waals surface area contributed by atoms with Crippen molar-refractivity contribution in [2.75, 3.05) is 13.1 Å². The van der Waals surface area contributed by atoms with E-state index in [1.54, 1.807) is 4.90 Å². The molecule has 1 aliphatic heterocycles. The Morgan fingerprint density at radius 1 is 1.24 bits per heavy atom. The number of hydrogen-bond acceptors (Lipinski definition) is 5. The quantitative estimate of drug-likeness (QED) is 0.468. The van der Waals surface area contributed by atoms with Crippen molar-refractivity contribution in [3.05, 3.63) is 35.9 Å². The highest BCUT2D eigenvalue weighted by atomic mass is 16.6. The van der Waals surface area contributed by atoms with E-state index in [4.69, 9.17) is 14.7 Å². The van der Waals surface area contributed by atoms with E-state index in [1.165, 1.54) is 0 Å². The fraction of sp³-hybridized carbons (Fsp3) is 0.529. The first-order valence-electron chi connectivity index (χ1n) is 8.67. The van der Waals surface area contributed by atoms with Gasteiger partial charge in [0.25, 0.3) is 0 Å². The predicted molar refractivity (Wildman–Crippen MR) is 93.0 cm³/mol. The van der Waals surface area contributed by atoms with Gasteiger partial charge in [0.05, 0.1) is 0 Å². The molecule has 136 valence electrons. The second-order valence-corrected chi connectivity index (χ2v) is 6.15. The Balaban J connectivity index is 1.84. The van der Waals surface area contributed by atoms with Crippen LogP contribution in [-0.4, -0.2) is 53.4 Å². The van der Waals surface area contributed by atoms with E-state index >= 15 is 0 Å². The fourth-order valence-electron chi connectivity index (χ4n) is 2.87. The maximum absolute atomic E-state index is 12.2. The number of carbonyl (C=O) groups is 2. The number of nitrogens with one attached hydrogen (secondary N) is 1. The van der Waals surface area contributed by atoms with Crippen LogP contribution in [-0.2, 0) is 20.7 Å². The maximum atomic E-state index is 12.2. The monoisotopic (exact) mass is 348 g/mol. The first kappa shape index (κ1) is 19.4. The van der Waals surface area contributed by atoms with Crippen LogP contribution in [0.15, 0.2) is 30.3 Å². The van der Waals surface area contributed by atoms with E-state index in [2.05, 4.69) is 5.32 Å². The van der Waals surface area contributed by atoms with Gasteiger partial charge >= 0.3 is 7.32 Å². The summed E-state index contributed by atoms with van der Waals surface area (Å²) in [7, 11) is -1.97. The highest BCUT2D eigenvalue weighted by Crippen LogP contribution is 2.11. The van der Waals surface area contributed by atoms with Crippen LogP contribution in [0.1, 0.15) is 37.7 Å². The first-order valence-corrected chi connectivity index (χ1v) is 8.67. The van der Waals surface area contributed by atoms with Gasteiger partial charge < -0.3 is 24.9 Å². The summed E-state index contributed by atoms with van der Waals surface area (Å²) in [5.74, 6) is -0.202. The summed E-state index contributed by atoms with van der Waals surface area (Å²) >= 11 is 0. The van der Waals surface area contributed by atoms with E-state index < -0.39 is 13.5 Å². The van der Waals surface area contributed by atoms with Gasteiger partial charge in [-0.2, -0.15) is 0 Å². The molecule has 8 heteroatoms. The molecule has 7 nitrogen and oxygen atoms in total. The Hall–Kier alpha value is -1.90. The molecular weight excluding hydrogens is 323 g/mol. The van der Waals surface area contributed by atoms with E-state index in [1.807, 2.05) is 30.3 Å². The normalized spacial score (nSPS) is 16.2. The summed E-state index contributed by atoms with van der Waals surface area (Å²) in [4.78, 5) is 25.8. The molecule has 0 radical (unpaired) electrons. The molecule has 1 fully saturated rings. The van der Waals surface area contributed by atoms with Crippen molar-refractivity contribution < 1.29 is 24.3 Å². The first-order chi connectivity index (χ1) is 12.0. The van der Waals surface area contributed by atoms with E-state index in [0.717, 1.165) is 24.8 Å². The lowest BCUT2D eigenvalue weighted by Crippen LogP contribution is -2.43. The summed E-state index contributed by atoms with van der Waals surface area (Å²) in [6.07, 6.45) is 3.06. The van der Waals surface area contributed by atoms with E-state index in [9.17, 15) is 9.59 Å². The van der Waals surface area contributed by atoms with Gasteiger partial charge in [0.2, 0.25) is 11.8 Å². The molecule has 0 bridgehead atoms. The largest absolute Gasteiger partial charge is 0.635 e. The smallest absolute Gasteiger partial charge is 0.402 e. The SMILES string of the molecule is O=C(CCN1CCCCCC1=O)N[C@@H](Cc1ccccc1)OB(O)O. The van der Waals surface area contributed by atoms with Gasteiger partial charge in [-0.05, 0) is 18.4 Å². The number of rotatable bonds is 8. The van der Waals surface area contributed by atoms with Crippen LogP contribution in [0.4, 0.5) is 0 Å². The highest BCUT2D eigenvalue weighted by Gasteiger charge is 2.22. The van der Waals surface area contributed by atoms with Crippen molar-refractivity contribution >= 4 is 19.1 Å². The lowest BCUT2D eigenvalue weighted by atomic mass is 10.1. The molecule has 2 amide bonds. The van der Waals surface area contributed by atoms with Crippen LogP contribution in [0.3, 0.4) is 0 Å². The summed E-state index contributed by atoms with van der Waals surface area (Å²) < 4.78 is 4.96. The molecule has 0 aliphatic carbocycles. The Morgan fingerprint density at radius 3 is 2.72 bits per heavy atom. The van der Waals surface area contributed by atoms with E-state index in [-0.39, 0.29) is 18.2 Å². The van der Waals surface area contributed by atoms with Crippen LogP contribution in [0.5, 0.6) is 0 Å². The molecule has 1 aliphatic rings. The lowest BCUT2D eigenvalue weighted by Gasteiger charge is -2.22. The van der Waals surface area contributed by atoms with Gasteiger partial charge in [-0.3, -0.25) is 9.59 Å². The van der Waals surface area contributed by atoms with Crippen LogP contribution in [0.2, 0.25) is 0 Å². The molecule has 1 aromatic carbocycles. The van der Waals surface area contributed by atoms with Crippen molar-refractivity contribution in [3.63, 3.8) is 0 Å². The van der Waals surface area contributed by atoms with Crippen molar-refractivity contribution in [2.24, 2.45) is 0 Å². The third kappa shape index (κ3) is 7.25. The zero-order chi connectivity index (χ0) is 18.1. The molecule has 1 aromatic rings. The molecule has 1 heterocycles. The number of likely N-dealkylation sites (tertiary alicyclic amines) is 1. The van der Waals surface area contributed by atoms with Crippen LogP contribution < -0.4 is 5.32 Å².